The van der Waals surface area contributed by atoms with E-state index in [1.807, 2.05) is 18.7 Å². The molecule has 28 heavy (non-hydrogen) atoms. The van der Waals surface area contributed by atoms with E-state index in [0.29, 0.717) is 24.6 Å². The molecule has 2 aromatic rings. The summed E-state index contributed by atoms with van der Waals surface area (Å²) in [7, 11) is 3.70. The smallest absolute Gasteiger partial charge is 0.252 e. The van der Waals surface area contributed by atoms with Gasteiger partial charge in [-0.1, -0.05) is 0 Å². The van der Waals surface area contributed by atoms with Crippen molar-refractivity contribution < 1.29 is 4.79 Å². The van der Waals surface area contributed by atoms with Gasteiger partial charge < -0.3 is 16.0 Å². The molecule has 0 saturated carbocycles. The maximum Gasteiger partial charge on any atom is 0.252 e. The maximum atomic E-state index is 12.0. The molecule has 2 heterocycles. The van der Waals surface area contributed by atoms with Crippen molar-refractivity contribution in [1.29, 1.82) is 0 Å². The topological polar surface area (TPSA) is 96.2 Å². The van der Waals surface area contributed by atoms with Gasteiger partial charge in [-0.05, 0) is 44.9 Å². The molecule has 0 spiro atoms. The zero-order valence-corrected chi connectivity index (χ0v) is 19.4. The summed E-state index contributed by atoms with van der Waals surface area (Å²) in [6, 6.07) is 3.68. The molecule has 1 atom stereocenters. The number of aryl methyl sites for hydroxylation is 2. The quantitative estimate of drug-likeness (QED) is 0.233. The van der Waals surface area contributed by atoms with Crippen LogP contribution in [-0.4, -0.2) is 52.8 Å². The molecule has 0 aliphatic heterocycles. The first-order valence-corrected chi connectivity index (χ1v) is 9.06. The van der Waals surface area contributed by atoms with Crippen molar-refractivity contribution in [3.63, 3.8) is 0 Å². The lowest BCUT2D eigenvalue weighted by Gasteiger charge is -2.18. The van der Waals surface area contributed by atoms with Crippen LogP contribution in [0.5, 0.6) is 0 Å². The average molecular weight is 499 g/mol. The third-order valence-electron chi connectivity index (χ3n) is 4.40. The van der Waals surface area contributed by atoms with Gasteiger partial charge in [0.2, 0.25) is 0 Å². The SMILES string of the molecule is CN=C(NCCNC(=O)c1cccnc1)NC(C)Cc1c(C)nn(C)c1C.I. The van der Waals surface area contributed by atoms with Gasteiger partial charge in [0.15, 0.2) is 5.96 Å². The Morgan fingerprint density at radius 3 is 2.57 bits per heavy atom. The fraction of sp³-hybridized carbons (Fsp3) is 0.474. The number of nitrogens with zero attached hydrogens (tertiary/aromatic N) is 4. The number of nitrogens with one attached hydrogen (secondary N) is 3. The van der Waals surface area contributed by atoms with E-state index in [0.717, 1.165) is 12.1 Å². The van der Waals surface area contributed by atoms with Gasteiger partial charge >= 0.3 is 0 Å². The summed E-state index contributed by atoms with van der Waals surface area (Å²) in [5.74, 6) is 0.570. The lowest BCUT2D eigenvalue weighted by Crippen LogP contribution is -2.45. The summed E-state index contributed by atoms with van der Waals surface area (Å²) in [4.78, 5) is 20.2. The monoisotopic (exact) mass is 499 g/mol. The Labute approximate surface area is 183 Å². The van der Waals surface area contributed by atoms with Crippen molar-refractivity contribution in [2.45, 2.75) is 33.2 Å². The normalized spacial score (nSPS) is 12.1. The van der Waals surface area contributed by atoms with Crippen molar-refractivity contribution in [1.82, 2.24) is 30.7 Å². The van der Waals surface area contributed by atoms with Crippen LogP contribution in [0.1, 0.15) is 34.2 Å². The van der Waals surface area contributed by atoms with Crippen molar-refractivity contribution in [3.05, 3.63) is 47.0 Å². The Morgan fingerprint density at radius 1 is 1.29 bits per heavy atom. The summed E-state index contributed by atoms with van der Waals surface area (Å²) in [6.07, 6.45) is 4.06. The zero-order chi connectivity index (χ0) is 19.8. The molecule has 154 valence electrons. The minimum atomic E-state index is -0.135. The summed E-state index contributed by atoms with van der Waals surface area (Å²) < 4.78 is 1.91. The first-order chi connectivity index (χ1) is 12.9. The Kier molecular flexibility index (Phi) is 9.91. The van der Waals surface area contributed by atoms with Gasteiger partial charge in [0.05, 0.1) is 11.3 Å². The lowest BCUT2D eigenvalue weighted by atomic mass is 10.1. The fourth-order valence-electron chi connectivity index (χ4n) is 2.85. The highest BCUT2D eigenvalue weighted by Gasteiger charge is 2.14. The molecule has 0 saturated heterocycles. The highest BCUT2D eigenvalue weighted by Crippen LogP contribution is 2.14. The largest absolute Gasteiger partial charge is 0.355 e. The molecule has 9 heteroatoms. The van der Waals surface area contributed by atoms with Crippen LogP contribution < -0.4 is 16.0 Å². The Balaban J connectivity index is 0.00000392. The van der Waals surface area contributed by atoms with E-state index in [1.54, 1.807) is 31.6 Å². The van der Waals surface area contributed by atoms with Gasteiger partial charge in [-0.2, -0.15) is 5.10 Å². The van der Waals surface area contributed by atoms with Gasteiger partial charge in [0.1, 0.15) is 0 Å². The summed E-state index contributed by atoms with van der Waals surface area (Å²) in [6.45, 7) is 7.29. The Hall–Kier alpha value is -2.17. The number of carbonyl (C=O) groups is 1. The Morgan fingerprint density at radius 2 is 2.00 bits per heavy atom. The predicted molar refractivity (Wildman–Crippen MR) is 122 cm³/mol. The molecule has 0 aliphatic rings. The maximum absolute atomic E-state index is 12.0. The first-order valence-electron chi connectivity index (χ1n) is 9.06. The minimum absolute atomic E-state index is 0. The molecular weight excluding hydrogens is 469 g/mol. The highest BCUT2D eigenvalue weighted by atomic mass is 127. The third kappa shape index (κ3) is 6.77. The Bertz CT molecular complexity index is 789. The average Bonchev–Trinajstić information content (AvgIpc) is 2.90. The number of hydrogen-bond acceptors (Lipinski definition) is 4. The second-order valence-corrected chi connectivity index (χ2v) is 6.52. The molecule has 0 aliphatic carbocycles. The predicted octanol–water partition coefficient (Wildman–Crippen LogP) is 1.58. The van der Waals surface area contributed by atoms with E-state index in [1.165, 1.54) is 11.3 Å². The van der Waals surface area contributed by atoms with E-state index in [2.05, 4.69) is 44.9 Å². The van der Waals surface area contributed by atoms with E-state index in [9.17, 15) is 4.79 Å². The molecule has 1 unspecified atom stereocenters. The van der Waals surface area contributed by atoms with Crippen LogP contribution in [0.3, 0.4) is 0 Å². The second kappa shape index (κ2) is 11.6. The molecular formula is C19H30IN7O. The van der Waals surface area contributed by atoms with Gasteiger partial charge in [-0.15, -0.1) is 24.0 Å². The number of pyridine rings is 1. The van der Waals surface area contributed by atoms with Crippen LogP contribution in [0.25, 0.3) is 0 Å². The number of carbonyl (C=O) groups excluding carboxylic acids is 1. The minimum Gasteiger partial charge on any atom is -0.355 e. The van der Waals surface area contributed by atoms with Crippen LogP contribution in [0.15, 0.2) is 29.5 Å². The van der Waals surface area contributed by atoms with Crippen LogP contribution >= 0.6 is 24.0 Å². The summed E-state index contributed by atoms with van der Waals surface area (Å²) in [5.41, 5.74) is 4.06. The highest BCUT2D eigenvalue weighted by molar-refractivity contribution is 14.0. The van der Waals surface area contributed by atoms with Crippen LogP contribution in [-0.2, 0) is 13.5 Å². The van der Waals surface area contributed by atoms with E-state index >= 15 is 0 Å². The van der Waals surface area contributed by atoms with E-state index in [-0.39, 0.29) is 35.9 Å². The van der Waals surface area contributed by atoms with Crippen LogP contribution in [0.2, 0.25) is 0 Å². The number of rotatable bonds is 7. The zero-order valence-electron chi connectivity index (χ0n) is 17.1. The number of amides is 1. The standard InChI is InChI=1S/C19H29N7O.HI/c1-13(11-17-14(2)25-26(5)15(17)3)24-19(20-4)23-10-9-22-18(27)16-7-6-8-21-12-16;/h6-8,12-13H,9-11H2,1-5H3,(H,22,27)(H2,20,23,24);1H. The molecule has 0 radical (unpaired) electrons. The molecule has 1 amide bonds. The van der Waals surface area contributed by atoms with Gasteiger partial charge in [0.25, 0.3) is 5.91 Å². The third-order valence-corrected chi connectivity index (χ3v) is 4.40. The van der Waals surface area contributed by atoms with Crippen molar-refractivity contribution in [2.24, 2.45) is 12.0 Å². The molecule has 8 nitrogen and oxygen atoms in total. The molecule has 3 N–H and O–H groups in total. The fourth-order valence-corrected chi connectivity index (χ4v) is 2.85. The number of halogens is 1. The molecule has 0 aromatic carbocycles. The van der Waals surface area contributed by atoms with Crippen molar-refractivity contribution in [3.8, 4) is 0 Å². The number of guanidine groups is 1. The number of aliphatic imine (C=N–C) groups is 1. The molecule has 2 aromatic heterocycles. The van der Waals surface area contributed by atoms with E-state index in [4.69, 9.17) is 0 Å². The molecule has 0 bridgehead atoms. The van der Waals surface area contributed by atoms with Crippen molar-refractivity contribution >= 4 is 35.8 Å². The molecule has 2 rings (SSSR count). The van der Waals surface area contributed by atoms with Gasteiger partial charge in [-0.3, -0.25) is 19.5 Å². The van der Waals surface area contributed by atoms with Crippen molar-refractivity contribution in [2.75, 3.05) is 20.1 Å². The lowest BCUT2D eigenvalue weighted by molar-refractivity contribution is 0.0954. The van der Waals surface area contributed by atoms with E-state index < -0.39 is 0 Å². The summed E-state index contributed by atoms with van der Waals surface area (Å²) in [5, 5.41) is 13.9. The number of aromatic nitrogens is 3. The molecule has 0 fully saturated rings. The van der Waals surface area contributed by atoms with Gasteiger partial charge in [0, 0.05) is 51.3 Å². The summed E-state index contributed by atoms with van der Waals surface area (Å²) >= 11 is 0. The van der Waals surface area contributed by atoms with Crippen LogP contribution in [0.4, 0.5) is 0 Å². The van der Waals surface area contributed by atoms with Gasteiger partial charge in [-0.25, -0.2) is 0 Å². The number of hydrogen-bond donors (Lipinski definition) is 3. The first kappa shape index (κ1) is 23.9. The second-order valence-electron chi connectivity index (χ2n) is 6.52. The van der Waals surface area contributed by atoms with Crippen LogP contribution in [0, 0.1) is 13.8 Å².